The smallest absolute Gasteiger partial charge is 0.302 e. The van der Waals surface area contributed by atoms with Crippen LogP contribution in [0.2, 0.25) is 0 Å². The number of methoxy groups -OCH3 is 1. The van der Waals surface area contributed by atoms with E-state index in [0.29, 0.717) is 11.5 Å². The van der Waals surface area contributed by atoms with Gasteiger partial charge >= 0.3 is 5.97 Å². The third kappa shape index (κ3) is 12.5. The van der Waals surface area contributed by atoms with Crippen molar-refractivity contribution in [3.05, 3.63) is 168 Å². The first-order valence-corrected chi connectivity index (χ1v) is 20.7. The number of carbonyl (C=O) groups excluding carboxylic acids is 1. The van der Waals surface area contributed by atoms with Crippen LogP contribution in [-0.4, -0.2) is 97.9 Å². The molecule has 0 aromatic heterocycles. The van der Waals surface area contributed by atoms with Gasteiger partial charge in [-0.1, -0.05) is 121 Å². The lowest BCUT2D eigenvalue weighted by molar-refractivity contribution is -0.370. The predicted octanol–water partition coefficient (Wildman–Crippen LogP) is 6.17. The number of rotatable bonds is 20. The third-order valence-corrected chi connectivity index (χ3v) is 10.6. The summed E-state index contributed by atoms with van der Waals surface area (Å²) in [5.41, 5.74) is 3.46. The number of esters is 1. The van der Waals surface area contributed by atoms with Gasteiger partial charge in [-0.05, 0) is 46.5 Å². The van der Waals surface area contributed by atoms with E-state index in [0.717, 1.165) is 22.3 Å². The number of aliphatic hydroxyl groups is 2. The predicted molar refractivity (Wildman–Crippen MR) is 226 cm³/mol. The SMILES string of the molecule is COc1ccc(OC[C@H]2O[C@@H](O)[C@H](OCc3ccccc3)[C@@H](OCc3ccccc3)[C@H]2O[C@H]2O[C@H](COC(C)=O)[C@H](O)[C@H](OCc3ccccc3)[C@H]2OCc2ccccc2)cc1. The van der Waals surface area contributed by atoms with Gasteiger partial charge in [-0.3, -0.25) is 4.79 Å². The van der Waals surface area contributed by atoms with Gasteiger partial charge in [0.2, 0.25) is 0 Å². The number of benzene rings is 5. The Labute approximate surface area is 361 Å². The van der Waals surface area contributed by atoms with Crippen molar-refractivity contribution in [3.8, 4) is 11.5 Å². The molecule has 2 aliphatic rings. The number of ether oxygens (including phenoxy) is 10. The molecule has 5 aromatic carbocycles. The highest BCUT2D eigenvalue weighted by Gasteiger charge is 2.54. The summed E-state index contributed by atoms with van der Waals surface area (Å²) in [6.45, 7) is 1.38. The summed E-state index contributed by atoms with van der Waals surface area (Å²) >= 11 is 0. The van der Waals surface area contributed by atoms with Crippen molar-refractivity contribution in [1.82, 2.24) is 0 Å². The van der Waals surface area contributed by atoms with Gasteiger partial charge in [-0.25, -0.2) is 0 Å². The molecule has 7 rings (SSSR count). The van der Waals surface area contributed by atoms with E-state index < -0.39 is 67.4 Å². The fourth-order valence-electron chi connectivity index (χ4n) is 7.34. The van der Waals surface area contributed by atoms with E-state index in [4.69, 9.17) is 47.4 Å². The Morgan fingerprint density at radius 2 is 0.968 bits per heavy atom. The highest BCUT2D eigenvalue weighted by Crippen LogP contribution is 2.35. The molecule has 2 aliphatic heterocycles. The molecule has 10 atom stereocenters. The normalized spacial score (nSPS) is 26.1. The van der Waals surface area contributed by atoms with Gasteiger partial charge in [0.15, 0.2) is 12.6 Å². The second kappa shape index (κ2) is 22.8. The number of aliphatic hydroxyl groups excluding tert-OH is 2. The molecule has 2 N–H and O–H groups in total. The molecule has 13 heteroatoms. The van der Waals surface area contributed by atoms with E-state index in [1.807, 2.05) is 121 Å². The molecule has 62 heavy (non-hydrogen) atoms. The van der Waals surface area contributed by atoms with E-state index in [9.17, 15) is 15.0 Å². The van der Waals surface area contributed by atoms with Gasteiger partial charge in [0, 0.05) is 6.92 Å². The average molecular weight is 851 g/mol. The summed E-state index contributed by atoms with van der Waals surface area (Å²) in [7, 11) is 1.58. The molecule has 0 unspecified atom stereocenters. The maximum absolute atomic E-state index is 12.1. The molecule has 0 bridgehead atoms. The summed E-state index contributed by atoms with van der Waals surface area (Å²) in [6.07, 6.45) is -11.4. The lowest BCUT2D eigenvalue weighted by atomic mass is 9.96. The van der Waals surface area contributed by atoms with Crippen LogP contribution in [0.15, 0.2) is 146 Å². The van der Waals surface area contributed by atoms with E-state index >= 15 is 0 Å². The number of hydrogen-bond acceptors (Lipinski definition) is 13. The Hall–Kier alpha value is -5.19. The maximum atomic E-state index is 12.1. The standard InChI is InChI=1S/C49H54O13/c1-33(50)54-31-40-42(51)44(56-27-34-15-7-3-8-16-34)47(59-30-37-21-13-6-14-22-37)49(61-40)62-43-41(32-55-39-25-23-38(53-2)24-26-39)60-48(52)46(58-29-36-19-11-5-12-20-36)45(43)57-28-35-17-9-4-10-18-35/h3-26,40-49,51-52H,27-32H2,1-2H3/t40-,41-,42+,43+,44+,45+,46-,47-,48-,49-/m1/s1. The molecule has 2 saturated heterocycles. The topological polar surface area (TPSA) is 150 Å². The summed E-state index contributed by atoms with van der Waals surface area (Å²) < 4.78 is 63.3. The van der Waals surface area contributed by atoms with Gasteiger partial charge in [-0.2, -0.15) is 0 Å². The van der Waals surface area contributed by atoms with Crippen LogP contribution in [0.4, 0.5) is 0 Å². The Balaban J connectivity index is 1.25. The fraction of sp³-hybridized carbons (Fsp3) is 0.367. The van der Waals surface area contributed by atoms with Crippen molar-refractivity contribution in [2.75, 3.05) is 20.3 Å². The van der Waals surface area contributed by atoms with Crippen LogP contribution in [0.5, 0.6) is 11.5 Å². The third-order valence-electron chi connectivity index (χ3n) is 10.6. The summed E-state index contributed by atoms with van der Waals surface area (Å²) in [4.78, 5) is 12.1. The molecule has 0 amide bonds. The van der Waals surface area contributed by atoms with Crippen LogP contribution in [0.1, 0.15) is 29.2 Å². The molecule has 328 valence electrons. The largest absolute Gasteiger partial charge is 0.497 e. The van der Waals surface area contributed by atoms with Crippen LogP contribution in [0.3, 0.4) is 0 Å². The Bertz CT molecular complexity index is 2040. The van der Waals surface area contributed by atoms with Crippen molar-refractivity contribution in [1.29, 1.82) is 0 Å². The molecule has 0 aliphatic carbocycles. The van der Waals surface area contributed by atoms with E-state index in [1.165, 1.54) is 6.92 Å². The summed E-state index contributed by atoms with van der Waals surface area (Å²) in [6, 6.07) is 45.3. The molecule has 2 fully saturated rings. The Morgan fingerprint density at radius 1 is 0.516 bits per heavy atom. The van der Waals surface area contributed by atoms with Gasteiger partial charge in [-0.15, -0.1) is 0 Å². The summed E-state index contributed by atoms with van der Waals surface area (Å²) in [5.74, 6) is 0.616. The van der Waals surface area contributed by atoms with Gasteiger partial charge in [0.25, 0.3) is 0 Å². The highest BCUT2D eigenvalue weighted by molar-refractivity contribution is 5.65. The van der Waals surface area contributed by atoms with Crippen LogP contribution in [-0.2, 0) is 69.1 Å². The Kier molecular flexibility index (Phi) is 16.5. The van der Waals surface area contributed by atoms with Gasteiger partial charge in [0.05, 0.1) is 33.5 Å². The van der Waals surface area contributed by atoms with E-state index in [2.05, 4.69) is 0 Å². The van der Waals surface area contributed by atoms with Crippen LogP contribution in [0, 0.1) is 0 Å². The second-order valence-electron chi connectivity index (χ2n) is 15.0. The first-order chi connectivity index (χ1) is 30.3. The first kappa shape index (κ1) is 44.9. The minimum atomic E-state index is -1.47. The molecular weight excluding hydrogens is 797 g/mol. The average Bonchev–Trinajstić information content (AvgIpc) is 3.31. The lowest BCUT2D eigenvalue weighted by Gasteiger charge is -2.49. The molecule has 0 radical (unpaired) electrons. The molecule has 2 heterocycles. The second-order valence-corrected chi connectivity index (χ2v) is 15.0. The molecule has 5 aromatic rings. The lowest BCUT2D eigenvalue weighted by Crippen LogP contribution is -2.66. The number of hydrogen-bond donors (Lipinski definition) is 2. The van der Waals surface area contributed by atoms with E-state index in [1.54, 1.807) is 31.4 Å². The Morgan fingerprint density at radius 3 is 1.45 bits per heavy atom. The minimum absolute atomic E-state index is 0.0969. The molecule has 0 saturated carbocycles. The van der Waals surface area contributed by atoms with E-state index in [-0.39, 0.29) is 39.6 Å². The van der Waals surface area contributed by atoms with Crippen molar-refractivity contribution in [2.45, 2.75) is 94.8 Å². The fourth-order valence-corrected chi connectivity index (χ4v) is 7.34. The van der Waals surface area contributed by atoms with Crippen LogP contribution < -0.4 is 9.47 Å². The van der Waals surface area contributed by atoms with Crippen molar-refractivity contribution in [3.63, 3.8) is 0 Å². The van der Waals surface area contributed by atoms with Crippen molar-refractivity contribution in [2.24, 2.45) is 0 Å². The zero-order valence-electron chi connectivity index (χ0n) is 34.8. The minimum Gasteiger partial charge on any atom is -0.497 e. The van der Waals surface area contributed by atoms with Crippen molar-refractivity contribution >= 4 is 5.97 Å². The van der Waals surface area contributed by atoms with Gasteiger partial charge < -0.3 is 57.6 Å². The molecule has 0 spiro atoms. The van der Waals surface area contributed by atoms with Crippen molar-refractivity contribution < 1.29 is 62.4 Å². The summed E-state index contributed by atoms with van der Waals surface area (Å²) in [5, 5.41) is 23.7. The number of carbonyl (C=O) groups is 1. The maximum Gasteiger partial charge on any atom is 0.302 e. The molecule has 13 nitrogen and oxygen atoms in total. The zero-order chi connectivity index (χ0) is 43.1. The monoisotopic (exact) mass is 850 g/mol. The van der Waals surface area contributed by atoms with Crippen LogP contribution in [0.25, 0.3) is 0 Å². The van der Waals surface area contributed by atoms with Gasteiger partial charge in [0.1, 0.15) is 73.5 Å². The highest BCUT2D eigenvalue weighted by atomic mass is 16.7. The van der Waals surface area contributed by atoms with Crippen LogP contribution >= 0.6 is 0 Å². The first-order valence-electron chi connectivity index (χ1n) is 20.7. The zero-order valence-corrected chi connectivity index (χ0v) is 34.8. The quantitative estimate of drug-likeness (QED) is 0.0862. The molecular formula is C49H54O13.